The lowest BCUT2D eigenvalue weighted by atomic mass is 10.0. The van der Waals surface area contributed by atoms with Crippen LogP contribution in [0, 0.1) is 5.82 Å². The molecule has 1 heterocycles. The molecule has 1 fully saturated rings. The average molecular weight is 515 g/mol. The normalized spacial score (nSPS) is 13.8. The van der Waals surface area contributed by atoms with E-state index in [0.717, 1.165) is 17.7 Å². The maximum Gasteiger partial charge on any atom is 0.416 e. The molecule has 36 heavy (non-hydrogen) atoms. The number of amides is 1. The first-order valence-corrected chi connectivity index (χ1v) is 12.1. The van der Waals surface area contributed by atoms with Crippen molar-refractivity contribution in [1.82, 2.24) is 9.88 Å². The van der Waals surface area contributed by atoms with Gasteiger partial charge < -0.3 is 9.88 Å². The molecule has 0 atom stereocenters. The summed E-state index contributed by atoms with van der Waals surface area (Å²) in [5.74, 6) is -0.829. The van der Waals surface area contributed by atoms with Gasteiger partial charge in [-0.2, -0.15) is 13.2 Å². The van der Waals surface area contributed by atoms with Gasteiger partial charge in [0.05, 0.1) is 16.1 Å². The lowest BCUT2D eigenvalue weighted by Crippen LogP contribution is -2.33. The largest absolute Gasteiger partial charge is 0.416 e. The van der Waals surface area contributed by atoms with E-state index in [-0.39, 0.29) is 30.1 Å². The molecule has 0 saturated heterocycles. The van der Waals surface area contributed by atoms with E-state index in [1.165, 1.54) is 35.4 Å². The number of alkyl halides is 3. The molecule has 1 aliphatic carbocycles. The Labute approximate surface area is 210 Å². The number of aromatic amines is 1. The highest BCUT2D eigenvalue weighted by Crippen LogP contribution is 2.40. The molecule has 0 unspecified atom stereocenters. The monoisotopic (exact) mass is 514 g/mol. The van der Waals surface area contributed by atoms with Crippen molar-refractivity contribution in [2.75, 3.05) is 6.54 Å². The number of H-pyrrole nitrogens is 1. The fraction of sp³-hybridized carbons (Fsp3) is 0.250. The third kappa shape index (κ3) is 5.12. The van der Waals surface area contributed by atoms with E-state index >= 15 is 4.39 Å². The van der Waals surface area contributed by atoms with E-state index in [4.69, 9.17) is 11.6 Å². The van der Waals surface area contributed by atoms with E-state index < -0.39 is 23.5 Å². The van der Waals surface area contributed by atoms with Crippen molar-refractivity contribution in [1.29, 1.82) is 0 Å². The van der Waals surface area contributed by atoms with Gasteiger partial charge in [0.1, 0.15) is 5.56 Å². The van der Waals surface area contributed by atoms with E-state index in [9.17, 15) is 18.0 Å². The number of benzene rings is 3. The average Bonchev–Trinajstić information content (AvgIpc) is 3.61. The molecular weight excluding hydrogens is 492 g/mol. The van der Waals surface area contributed by atoms with Crippen LogP contribution in [0.1, 0.15) is 51.4 Å². The standard InChI is InChI=1S/C28H23ClF4N2O/c29-23-15-21-10-12-34-26(21)24(25(23)30)27(36)35(16-18-4-6-19(7-5-18)20-8-9-20)13-11-17-2-1-3-22(14-17)28(31,32)33/h1-7,10,12,14-15,20,34H,8-9,11,13,16H2. The Morgan fingerprint density at radius 1 is 1.03 bits per heavy atom. The van der Waals surface area contributed by atoms with Gasteiger partial charge in [0, 0.05) is 24.7 Å². The van der Waals surface area contributed by atoms with Crippen molar-refractivity contribution in [3.05, 3.63) is 106 Å². The maximum absolute atomic E-state index is 15.1. The third-order valence-corrected chi connectivity index (χ3v) is 6.84. The molecule has 4 aromatic rings. The third-order valence-electron chi connectivity index (χ3n) is 6.57. The fourth-order valence-corrected chi connectivity index (χ4v) is 4.67. The molecule has 3 nitrogen and oxygen atoms in total. The first-order chi connectivity index (χ1) is 17.2. The summed E-state index contributed by atoms with van der Waals surface area (Å²) in [6.45, 7) is 0.273. The van der Waals surface area contributed by atoms with E-state index in [0.29, 0.717) is 22.4 Å². The van der Waals surface area contributed by atoms with Crippen molar-refractivity contribution >= 4 is 28.4 Å². The van der Waals surface area contributed by atoms with Crippen LogP contribution in [-0.4, -0.2) is 22.3 Å². The maximum atomic E-state index is 15.1. The Bertz CT molecular complexity index is 1410. The molecular formula is C28H23ClF4N2O. The van der Waals surface area contributed by atoms with Crippen molar-refractivity contribution in [2.24, 2.45) is 0 Å². The van der Waals surface area contributed by atoms with Crippen LogP contribution >= 0.6 is 11.6 Å². The predicted molar refractivity (Wildman–Crippen MR) is 132 cm³/mol. The smallest absolute Gasteiger partial charge is 0.360 e. The fourth-order valence-electron chi connectivity index (χ4n) is 4.46. The summed E-state index contributed by atoms with van der Waals surface area (Å²) in [4.78, 5) is 18.1. The first kappa shape index (κ1) is 24.4. The molecule has 8 heteroatoms. The Balaban J connectivity index is 1.45. The van der Waals surface area contributed by atoms with Crippen LogP contribution in [0.5, 0.6) is 0 Å². The number of nitrogens with zero attached hydrogens (tertiary/aromatic N) is 1. The lowest BCUT2D eigenvalue weighted by Gasteiger charge is -2.24. The summed E-state index contributed by atoms with van der Waals surface area (Å²) in [5, 5.41) is 0.424. The van der Waals surface area contributed by atoms with Crippen molar-refractivity contribution in [3.8, 4) is 0 Å². The second-order valence-electron chi connectivity index (χ2n) is 9.18. The van der Waals surface area contributed by atoms with E-state index in [1.54, 1.807) is 18.3 Å². The zero-order valence-corrected chi connectivity index (χ0v) is 20.0. The minimum absolute atomic E-state index is 0.0959. The first-order valence-electron chi connectivity index (χ1n) is 11.7. The Morgan fingerprint density at radius 2 is 1.78 bits per heavy atom. The number of aromatic nitrogens is 1. The molecule has 0 bridgehead atoms. The summed E-state index contributed by atoms with van der Waals surface area (Å²) in [6.07, 6.45) is -0.354. The van der Waals surface area contributed by atoms with Crippen molar-refractivity contribution < 1.29 is 22.4 Å². The highest BCUT2D eigenvalue weighted by atomic mass is 35.5. The number of carbonyl (C=O) groups is 1. The topological polar surface area (TPSA) is 36.1 Å². The van der Waals surface area contributed by atoms with Gasteiger partial charge in [-0.25, -0.2) is 4.39 Å². The molecule has 1 aliphatic rings. The second-order valence-corrected chi connectivity index (χ2v) is 9.59. The van der Waals surface area contributed by atoms with Gasteiger partial charge in [0.15, 0.2) is 5.82 Å². The second kappa shape index (κ2) is 9.62. The molecule has 1 saturated carbocycles. The lowest BCUT2D eigenvalue weighted by molar-refractivity contribution is -0.137. The van der Waals surface area contributed by atoms with Gasteiger partial charge in [-0.05, 0) is 60.1 Å². The van der Waals surface area contributed by atoms with Crippen LogP contribution in [0.25, 0.3) is 10.9 Å². The molecule has 3 aromatic carbocycles. The van der Waals surface area contributed by atoms with Gasteiger partial charge in [-0.3, -0.25) is 4.79 Å². The molecule has 1 aromatic heterocycles. The highest BCUT2D eigenvalue weighted by Gasteiger charge is 2.31. The number of carbonyl (C=O) groups excluding carboxylic acids is 1. The van der Waals surface area contributed by atoms with Crippen LogP contribution in [0.15, 0.2) is 66.9 Å². The Hall–Kier alpha value is -3.32. The zero-order valence-electron chi connectivity index (χ0n) is 19.2. The van der Waals surface area contributed by atoms with Crippen LogP contribution in [0.2, 0.25) is 5.02 Å². The number of nitrogens with one attached hydrogen (secondary N) is 1. The summed E-state index contributed by atoms with van der Waals surface area (Å²) < 4.78 is 54.7. The molecule has 0 radical (unpaired) electrons. The van der Waals surface area contributed by atoms with Gasteiger partial charge in [-0.1, -0.05) is 54.1 Å². The van der Waals surface area contributed by atoms with Gasteiger partial charge in [0.2, 0.25) is 0 Å². The van der Waals surface area contributed by atoms with Gasteiger partial charge in [0.25, 0.3) is 5.91 Å². The van der Waals surface area contributed by atoms with Crippen LogP contribution < -0.4 is 0 Å². The molecule has 1 amide bonds. The zero-order chi connectivity index (χ0) is 25.4. The van der Waals surface area contributed by atoms with Crippen LogP contribution in [0.4, 0.5) is 17.6 Å². The van der Waals surface area contributed by atoms with Crippen molar-refractivity contribution in [3.63, 3.8) is 0 Å². The Morgan fingerprint density at radius 3 is 2.47 bits per heavy atom. The quantitative estimate of drug-likeness (QED) is 0.251. The summed E-state index contributed by atoms with van der Waals surface area (Å²) in [7, 11) is 0. The molecule has 186 valence electrons. The number of rotatable bonds is 7. The highest BCUT2D eigenvalue weighted by molar-refractivity contribution is 6.32. The van der Waals surface area contributed by atoms with Crippen LogP contribution in [0.3, 0.4) is 0 Å². The number of hydrogen-bond donors (Lipinski definition) is 1. The van der Waals surface area contributed by atoms with E-state index in [1.807, 2.05) is 24.3 Å². The van der Waals surface area contributed by atoms with Crippen molar-refractivity contribution in [2.45, 2.75) is 37.9 Å². The SMILES string of the molecule is O=C(c1c(F)c(Cl)cc2cc[nH]c12)N(CCc1cccc(C(F)(F)F)c1)Cc1ccc(C2CC2)cc1. The molecule has 1 N–H and O–H groups in total. The predicted octanol–water partition coefficient (Wildman–Crippen LogP) is 7.74. The number of fused-ring (bicyclic) bond motifs is 1. The molecule has 5 rings (SSSR count). The Kier molecular flexibility index (Phi) is 6.51. The number of halogens is 5. The molecule has 0 spiro atoms. The summed E-state index contributed by atoms with van der Waals surface area (Å²) >= 11 is 6.08. The van der Waals surface area contributed by atoms with Gasteiger partial charge >= 0.3 is 6.18 Å². The summed E-state index contributed by atoms with van der Waals surface area (Å²) in [6, 6.07) is 16.1. The minimum Gasteiger partial charge on any atom is -0.360 e. The van der Waals surface area contributed by atoms with Gasteiger partial charge in [-0.15, -0.1) is 0 Å². The van der Waals surface area contributed by atoms with E-state index in [2.05, 4.69) is 4.98 Å². The van der Waals surface area contributed by atoms with Crippen LogP contribution in [-0.2, 0) is 19.1 Å². The number of hydrogen-bond acceptors (Lipinski definition) is 1. The summed E-state index contributed by atoms with van der Waals surface area (Å²) in [5.41, 5.74) is 1.93. The molecule has 0 aliphatic heterocycles. The minimum atomic E-state index is -4.46.